The number of anilines is 1. The molecule has 0 aliphatic carbocycles. The van der Waals surface area contributed by atoms with Gasteiger partial charge in [-0.25, -0.2) is 13.4 Å². The van der Waals surface area contributed by atoms with Gasteiger partial charge in [0.1, 0.15) is 10.7 Å². The highest BCUT2D eigenvalue weighted by atomic mass is 32.2. The second kappa shape index (κ2) is 9.70. The quantitative estimate of drug-likeness (QED) is 0.701. The number of pyridine rings is 1. The fourth-order valence-corrected chi connectivity index (χ4v) is 5.06. The van der Waals surface area contributed by atoms with Crippen LogP contribution in [0.15, 0.2) is 59.6 Å². The number of nitrogens with zero attached hydrogens (tertiary/aromatic N) is 4. The summed E-state index contributed by atoms with van der Waals surface area (Å²) in [6.45, 7) is 6.25. The highest BCUT2D eigenvalue weighted by Crippen LogP contribution is 2.20. The van der Waals surface area contributed by atoms with Crippen molar-refractivity contribution in [1.29, 1.82) is 0 Å². The first kappa shape index (κ1) is 21.0. The zero-order valence-electron chi connectivity index (χ0n) is 17.1. The monoisotopic (exact) mass is 428 g/mol. The third-order valence-electron chi connectivity index (χ3n) is 5.50. The third kappa shape index (κ3) is 5.07. The molecule has 7 nitrogen and oxygen atoms in total. The first-order valence-electron chi connectivity index (χ1n) is 10.4. The van der Waals surface area contributed by atoms with Crippen LogP contribution in [0.4, 0.5) is 5.82 Å². The number of morpholine rings is 1. The van der Waals surface area contributed by atoms with E-state index in [0.29, 0.717) is 26.3 Å². The standard InChI is InChI=1S/C22H28N4O3S/c27-30(28,26-15-17-29-18-16-26)21-8-9-22(23-19-21)25-13-11-24(12-14-25)10-4-7-20-5-2-1-3-6-20/h1-9,19H,10-18H2/b7-4+. The number of hydrogen-bond acceptors (Lipinski definition) is 6. The average molecular weight is 429 g/mol. The maximum Gasteiger partial charge on any atom is 0.244 e. The van der Waals surface area contributed by atoms with Crippen LogP contribution < -0.4 is 4.90 Å². The Morgan fingerprint density at radius 3 is 2.33 bits per heavy atom. The lowest BCUT2D eigenvalue weighted by atomic mass is 10.2. The predicted octanol–water partition coefficient (Wildman–Crippen LogP) is 1.94. The zero-order valence-corrected chi connectivity index (χ0v) is 17.9. The summed E-state index contributed by atoms with van der Waals surface area (Å²) in [5.41, 5.74) is 1.22. The Kier molecular flexibility index (Phi) is 6.79. The van der Waals surface area contributed by atoms with Crippen LogP contribution >= 0.6 is 0 Å². The molecule has 0 saturated carbocycles. The van der Waals surface area contributed by atoms with E-state index in [1.54, 1.807) is 6.07 Å². The van der Waals surface area contributed by atoms with Crippen LogP contribution in [-0.4, -0.2) is 81.6 Å². The number of hydrogen-bond donors (Lipinski definition) is 0. The van der Waals surface area contributed by atoms with E-state index in [1.165, 1.54) is 16.1 Å². The van der Waals surface area contributed by atoms with Gasteiger partial charge in [-0.15, -0.1) is 0 Å². The largest absolute Gasteiger partial charge is 0.379 e. The maximum atomic E-state index is 12.7. The molecule has 1 aromatic carbocycles. The van der Waals surface area contributed by atoms with Crippen LogP contribution in [0, 0.1) is 0 Å². The fourth-order valence-electron chi connectivity index (χ4n) is 3.71. The van der Waals surface area contributed by atoms with Crippen LogP contribution in [-0.2, 0) is 14.8 Å². The van der Waals surface area contributed by atoms with Gasteiger partial charge in [0.2, 0.25) is 10.0 Å². The van der Waals surface area contributed by atoms with E-state index in [9.17, 15) is 8.42 Å². The van der Waals surface area contributed by atoms with Gasteiger partial charge in [0, 0.05) is 52.0 Å². The molecule has 160 valence electrons. The van der Waals surface area contributed by atoms with Crippen LogP contribution in [0.2, 0.25) is 0 Å². The summed E-state index contributed by atoms with van der Waals surface area (Å²) in [4.78, 5) is 9.32. The number of ether oxygens (including phenoxy) is 1. The van der Waals surface area contributed by atoms with Gasteiger partial charge in [0.15, 0.2) is 0 Å². The second-order valence-electron chi connectivity index (χ2n) is 7.47. The Balaban J connectivity index is 1.30. The molecule has 2 aliphatic heterocycles. The van der Waals surface area contributed by atoms with Gasteiger partial charge in [0.25, 0.3) is 0 Å². The minimum atomic E-state index is -3.50. The van der Waals surface area contributed by atoms with Crippen molar-refractivity contribution in [2.24, 2.45) is 0 Å². The van der Waals surface area contributed by atoms with Crippen molar-refractivity contribution in [3.8, 4) is 0 Å². The SMILES string of the molecule is O=S(=O)(c1ccc(N2CCN(C/C=C/c3ccccc3)CC2)nc1)N1CCOCC1. The van der Waals surface area contributed by atoms with Gasteiger partial charge in [-0.05, 0) is 17.7 Å². The number of benzene rings is 1. The summed E-state index contributed by atoms with van der Waals surface area (Å²) in [6.07, 6.45) is 5.84. The molecule has 1 aromatic heterocycles. The molecule has 0 spiro atoms. The Labute approximate surface area is 178 Å². The van der Waals surface area contributed by atoms with E-state index < -0.39 is 10.0 Å². The summed E-state index contributed by atoms with van der Waals surface area (Å²) in [7, 11) is -3.50. The molecule has 0 amide bonds. The molecule has 0 bridgehead atoms. The molecule has 0 atom stereocenters. The number of aromatic nitrogens is 1. The van der Waals surface area contributed by atoms with E-state index in [4.69, 9.17) is 4.74 Å². The second-order valence-corrected chi connectivity index (χ2v) is 9.41. The van der Waals surface area contributed by atoms with Crippen LogP contribution in [0.25, 0.3) is 6.08 Å². The topological polar surface area (TPSA) is 66.0 Å². The van der Waals surface area contributed by atoms with E-state index in [0.717, 1.165) is 38.5 Å². The minimum Gasteiger partial charge on any atom is -0.379 e. The Morgan fingerprint density at radius 1 is 0.933 bits per heavy atom. The Morgan fingerprint density at radius 2 is 1.67 bits per heavy atom. The van der Waals surface area contributed by atoms with Crippen LogP contribution in [0.1, 0.15) is 5.56 Å². The normalized spacial score (nSPS) is 19.4. The lowest BCUT2D eigenvalue weighted by Gasteiger charge is -2.35. The average Bonchev–Trinajstić information content (AvgIpc) is 2.81. The van der Waals surface area contributed by atoms with Crippen molar-refractivity contribution >= 4 is 21.9 Å². The van der Waals surface area contributed by atoms with Gasteiger partial charge in [-0.3, -0.25) is 4.90 Å². The molecule has 0 unspecified atom stereocenters. The Hall–Kier alpha value is -2.26. The number of rotatable bonds is 6. The van der Waals surface area contributed by atoms with Crippen molar-refractivity contribution in [3.05, 3.63) is 60.3 Å². The molecular weight excluding hydrogens is 400 g/mol. The van der Waals surface area contributed by atoms with E-state index >= 15 is 0 Å². The summed E-state index contributed by atoms with van der Waals surface area (Å²) in [5.74, 6) is 0.829. The predicted molar refractivity (Wildman–Crippen MR) is 118 cm³/mol. The lowest BCUT2D eigenvalue weighted by molar-refractivity contribution is 0.0730. The molecule has 3 heterocycles. The molecule has 2 aromatic rings. The first-order chi connectivity index (χ1) is 14.6. The summed E-state index contributed by atoms with van der Waals surface area (Å²) < 4.78 is 32.2. The highest BCUT2D eigenvalue weighted by molar-refractivity contribution is 7.89. The van der Waals surface area contributed by atoms with Gasteiger partial charge in [0.05, 0.1) is 13.2 Å². The van der Waals surface area contributed by atoms with Crippen LogP contribution in [0.3, 0.4) is 0 Å². The number of piperazine rings is 1. The van der Waals surface area contributed by atoms with Crippen molar-refractivity contribution in [1.82, 2.24) is 14.2 Å². The van der Waals surface area contributed by atoms with Gasteiger partial charge in [-0.1, -0.05) is 42.5 Å². The third-order valence-corrected chi connectivity index (χ3v) is 7.38. The van der Waals surface area contributed by atoms with E-state index in [2.05, 4.69) is 39.1 Å². The molecule has 30 heavy (non-hydrogen) atoms. The lowest BCUT2D eigenvalue weighted by Crippen LogP contribution is -2.46. The van der Waals surface area contributed by atoms with Gasteiger partial charge >= 0.3 is 0 Å². The van der Waals surface area contributed by atoms with Gasteiger partial charge < -0.3 is 9.64 Å². The minimum absolute atomic E-state index is 0.248. The molecule has 0 N–H and O–H groups in total. The molecule has 2 fully saturated rings. The molecule has 0 radical (unpaired) electrons. The van der Waals surface area contributed by atoms with E-state index in [-0.39, 0.29) is 4.90 Å². The summed E-state index contributed by atoms with van der Waals surface area (Å²) >= 11 is 0. The Bertz CT molecular complexity index is 934. The van der Waals surface area contributed by atoms with Crippen molar-refractivity contribution in [2.75, 3.05) is 63.9 Å². The zero-order chi connectivity index (χ0) is 20.8. The molecule has 2 saturated heterocycles. The molecule has 8 heteroatoms. The summed E-state index contributed by atoms with van der Waals surface area (Å²) in [5, 5.41) is 0. The molecule has 4 rings (SSSR count). The smallest absolute Gasteiger partial charge is 0.244 e. The highest BCUT2D eigenvalue weighted by Gasteiger charge is 2.27. The van der Waals surface area contributed by atoms with Crippen molar-refractivity contribution in [2.45, 2.75) is 4.90 Å². The fraction of sp³-hybridized carbons (Fsp3) is 0.409. The summed E-state index contributed by atoms with van der Waals surface area (Å²) in [6, 6.07) is 13.8. The van der Waals surface area contributed by atoms with Crippen molar-refractivity contribution < 1.29 is 13.2 Å². The maximum absolute atomic E-state index is 12.7. The number of sulfonamides is 1. The molecular formula is C22H28N4O3S. The van der Waals surface area contributed by atoms with Crippen molar-refractivity contribution in [3.63, 3.8) is 0 Å². The van der Waals surface area contributed by atoms with Gasteiger partial charge in [-0.2, -0.15) is 4.31 Å². The molecule has 2 aliphatic rings. The first-order valence-corrected chi connectivity index (χ1v) is 11.8. The van der Waals surface area contributed by atoms with Crippen LogP contribution in [0.5, 0.6) is 0 Å². The van der Waals surface area contributed by atoms with E-state index in [1.807, 2.05) is 24.3 Å².